The highest BCUT2D eigenvalue weighted by molar-refractivity contribution is 5.96. The Hall–Kier alpha value is -3.47. The van der Waals surface area contributed by atoms with E-state index < -0.39 is 0 Å². The van der Waals surface area contributed by atoms with E-state index in [0.717, 1.165) is 25.0 Å². The molecule has 4 heterocycles. The molecule has 164 valence electrons. The van der Waals surface area contributed by atoms with Crippen LogP contribution in [0.3, 0.4) is 0 Å². The highest BCUT2D eigenvalue weighted by atomic mass is 16.2. The molecular formula is C27H30N4O. The molecule has 3 aliphatic rings. The van der Waals surface area contributed by atoms with Gasteiger partial charge in [0.1, 0.15) is 0 Å². The van der Waals surface area contributed by atoms with Gasteiger partial charge >= 0.3 is 0 Å². The van der Waals surface area contributed by atoms with E-state index >= 15 is 0 Å². The molecule has 2 aromatic rings. The normalized spacial score (nSPS) is 20.3. The highest BCUT2D eigenvalue weighted by Crippen LogP contribution is 2.43. The summed E-state index contributed by atoms with van der Waals surface area (Å²) < 4.78 is 2.30. The Balaban J connectivity index is 1.37. The van der Waals surface area contributed by atoms with Gasteiger partial charge in [0.25, 0.3) is 5.91 Å². The van der Waals surface area contributed by atoms with Crippen molar-refractivity contribution in [2.45, 2.75) is 31.7 Å². The van der Waals surface area contributed by atoms with Crippen molar-refractivity contribution in [2.75, 3.05) is 25.5 Å². The summed E-state index contributed by atoms with van der Waals surface area (Å²) in [7, 11) is 2.01. The number of amides is 1. The molecular weight excluding hydrogens is 396 g/mol. The smallest absolute Gasteiger partial charge is 0.253 e. The molecule has 0 saturated carbocycles. The summed E-state index contributed by atoms with van der Waals surface area (Å²) in [6, 6.07) is 10.9. The number of piperidine rings is 1. The molecule has 1 spiro atoms. The predicted octanol–water partition coefficient (Wildman–Crippen LogP) is 4.87. The van der Waals surface area contributed by atoms with Crippen LogP contribution in [0.2, 0.25) is 0 Å². The van der Waals surface area contributed by atoms with Crippen LogP contribution in [0.5, 0.6) is 0 Å². The van der Waals surface area contributed by atoms with E-state index in [1.54, 1.807) is 6.08 Å². The fourth-order valence-corrected chi connectivity index (χ4v) is 5.14. The second-order valence-electron chi connectivity index (χ2n) is 8.98. The fraction of sp³-hybridized carbons (Fsp3) is 0.296. The Morgan fingerprint density at radius 3 is 2.75 bits per heavy atom. The largest absolute Gasteiger partial charge is 0.372 e. The molecule has 0 unspecified atom stereocenters. The number of benzene rings is 1. The van der Waals surface area contributed by atoms with Crippen molar-refractivity contribution in [3.8, 4) is 5.69 Å². The third kappa shape index (κ3) is 3.38. The number of carbonyl (C=O) groups excluding carboxylic acids is 1. The van der Waals surface area contributed by atoms with Crippen LogP contribution in [-0.2, 0) is 10.3 Å². The first-order valence-corrected chi connectivity index (χ1v) is 11.3. The minimum absolute atomic E-state index is 0.0787. The number of hydrogen-bond acceptors (Lipinski definition) is 3. The second kappa shape index (κ2) is 7.90. The van der Waals surface area contributed by atoms with E-state index in [1.807, 2.05) is 30.3 Å². The zero-order valence-corrected chi connectivity index (χ0v) is 18.8. The maximum Gasteiger partial charge on any atom is 0.253 e. The average molecular weight is 427 g/mol. The number of nitrogens with zero attached hydrogens (tertiary/aromatic N) is 3. The van der Waals surface area contributed by atoms with Crippen molar-refractivity contribution in [3.05, 3.63) is 96.1 Å². The molecule has 1 aromatic carbocycles. The van der Waals surface area contributed by atoms with Gasteiger partial charge in [-0.1, -0.05) is 24.8 Å². The Morgan fingerprint density at radius 1 is 1.22 bits per heavy atom. The van der Waals surface area contributed by atoms with Crippen LogP contribution in [0.1, 0.15) is 30.5 Å². The standard InChI is InChI=1S/C27H30N4O/c1-4-7-21(19-22-8-5-14-29(22)3)26(32)30-16-12-27(13-17-30)25-9-6-15-31(25)24-11-10-20(2)18-23(24)28-27/h4-7,9-11,14-15,18-19,28H,1,8,12-13,16-17H2,2-3H3/b21-7+,22-19+. The predicted molar refractivity (Wildman–Crippen MR) is 130 cm³/mol. The molecule has 0 bridgehead atoms. The number of hydrogen-bond donors (Lipinski definition) is 1. The van der Waals surface area contributed by atoms with Crippen LogP contribution in [0.4, 0.5) is 5.69 Å². The summed E-state index contributed by atoms with van der Waals surface area (Å²) in [5.41, 5.74) is 6.55. The van der Waals surface area contributed by atoms with Gasteiger partial charge in [-0.05, 0) is 67.9 Å². The van der Waals surface area contributed by atoms with Gasteiger partial charge in [0, 0.05) is 49.7 Å². The van der Waals surface area contributed by atoms with Crippen LogP contribution >= 0.6 is 0 Å². The third-order valence-electron chi connectivity index (χ3n) is 6.90. The molecule has 3 aliphatic heterocycles. The van der Waals surface area contributed by atoms with Gasteiger partial charge in [0.15, 0.2) is 0 Å². The van der Waals surface area contributed by atoms with Crippen molar-refractivity contribution < 1.29 is 4.79 Å². The topological polar surface area (TPSA) is 40.5 Å². The molecule has 1 aromatic heterocycles. The summed E-state index contributed by atoms with van der Waals surface area (Å²) in [4.78, 5) is 17.4. The molecule has 5 nitrogen and oxygen atoms in total. The van der Waals surface area contributed by atoms with E-state index in [0.29, 0.717) is 18.7 Å². The van der Waals surface area contributed by atoms with Gasteiger partial charge in [0.2, 0.25) is 0 Å². The van der Waals surface area contributed by atoms with Crippen LogP contribution in [0, 0.1) is 6.92 Å². The molecule has 0 radical (unpaired) electrons. The Kier molecular flexibility index (Phi) is 5.04. The number of rotatable bonds is 3. The lowest BCUT2D eigenvalue weighted by atomic mass is 9.82. The average Bonchev–Trinajstić information content (AvgIpc) is 3.43. The lowest BCUT2D eigenvalue weighted by Crippen LogP contribution is -2.51. The minimum atomic E-state index is -0.155. The number of carbonyl (C=O) groups is 1. The van der Waals surface area contributed by atoms with Crippen LogP contribution in [0.15, 0.2) is 84.9 Å². The zero-order valence-electron chi connectivity index (χ0n) is 18.8. The molecule has 1 fully saturated rings. The Morgan fingerprint density at radius 2 is 2.03 bits per heavy atom. The van der Waals surface area contributed by atoms with Gasteiger partial charge in [-0.2, -0.15) is 0 Å². The Bertz CT molecular complexity index is 1160. The molecule has 1 N–H and O–H groups in total. The second-order valence-corrected chi connectivity index (χ2v) is 8.98. The van der Waals surface area contributed by atoms with Gasteiger partial charge in [0.05, 0.1) is 16.9 Å². The first-order chi connectivity index (χ1) is 15.5. The lowest BCUT2D eigenvalue weighted by Gasteiger charge is -2.46. The third-order valence-corrected chi connectivity index (χ3v) is 6.90. The maximum absolute atomic E-state index is 13.4. The number of aryl methyl sites for hydroxylation is 1. The van der Waals surface area contributed by atoms with Gasteiger partial charge in [-0.25, -0.2) is 0 Å². The van der Waals surface area contributed by atoms with Gasteiger partial charge in [-0.15, -0.1) is 0 Å². The monoisotopic (exact) mass is 426 g/mol. The van der Waals surface area contributed by atoms with Crippen LogP contribution < -0.4 is 5.32 Å². The maximum atomic E-state index is 13.4. The number of anilines is 1. The van der Waals surface area contributed by atoms with Crippen LogP contribution in [-0.4, -0.2) is 40.4 Å². The van der Waals surface area contributed by atoms with E-state index in [2.05, 4.69) is 70.9 Å². The SMILES string of the molecule is C=C/C=C(\C=C1/CC=CN1C)C(=O)N1CCC2(CC1)Nc1cc(C)ccc1-n1cccc12. The van der Waals surface area contributed by atoms with Gasteiger partial charge < -0.3 is 19.7 Å². The number of fused-ring (bicyclic) bond motifs is 4. The molecule has 0 aliphatic carbocycles. The zero-order chi connectivity index (χ0) is 22.3. The molecule has 1 saturated heterocycles. The first kappa shape index (κ1) is 20.4. The molecule has 1 amide bonds. The fourth-order valence-electron chi connectivity index (χ4n) is 5.14. The van der Waals surface area contributed by atoms with E-state index in [-0.39, 0.29) is 11.4 Å². The van der Waals surface area contributed by atoms with E-state index in [1.165, 1.54) is 22.6 Å². The number of aromatic nitrogens is 1. The summed E-state index contributed by atoms with van der Waals surface area (Å²) in [5.74, 6) is 0.0787. The van der Waals surface area contributed by atoms with Crippen molar-refractivity contribution in [1.82, 2.24) is 14.4 Å². The first-order valence-electron chi connectivity index (χ1n) is 11.3. The minimum Gasteiger partial charge on any atom is -0.372 e. The van der Waals surface area contributed by atoms with Crippen LogP contribution in [0.25, 0.3) is 5.69 Å². The summed E-state index contributed by atoms with van der Waals surface area (Å²) in [6.45, 7) is 7.37. The van der Waals surface area contributed by atoms with Crippen molar-refractivity contribution in [1.29, 1.82) is 0 Å². The number of likely N-dealkylation sites (tertiary alicyclic amines) is 1. The number of allylic oxidation sites excluding steroid dienone is 3. The molecule has 32 heavy (non-hydrogen) atoms. The van der Waals surface area contributed by atoms with Gasteiger partial charge in [-0.3, -0.25) is 4.79 Å². The van der Waals surface area contributed by atoms with E-state index in [4.69, 9.17) is 0 Å². The van der Waals surface area contributed by atoms with Crippen molar-refractivity contribution in [2.24, 2.45) is 0 Å². The van der Waals surface area contributed by atoms with Crippen molar-refractivity contribution >= 4 is 11.6 Å². The lowest BCUT2D eigenvalue weighted by molar-refractivity contribution is -0.128. The highest BCUT2D eigenvalue weighted by Gasteiger charge is 2.42. The Labute approximate surface area is 190 Å². The molecule has 5 rings (SSSR count). The quantitative estimate of drug-likeness (QED) is 0.562. The summed E-state index contributed by atoms with van der Waals surface area (Å²) >= 11 is 0. The summed E-state index contributed by atoms with van der Waals surface area (Å²) in [5, 5.41) is 3.86. The van der Waals surface area contributed by atoms with Crippen molar-refractivity contribution in [3.63, 3.8) is 0 Å². The summed E-state index contributed by atoms with van der Waals surface area (Å²) in [6.07, 6.45) is 14.4. The van der Waals surface area contributed by atoms with E-state index in [9.17, 15) is 4.79 Å². The molecule has 0 atom stereocenters. The molecule has 5 heteroatoms. The number of nitrogens with one attached hydrogen (secondary N) is 1.